The van der Waals surface area contributed by atoms with E-state index >= 15 is 0 Å². The number of nitrogens with one attached hydrogen (secondary N) is 1. The minimum absolute atomic E-state index is 0.0477. The van der Waals surface area contributed by atoms with Crippen LogP contribution in [0.5, 0.6) is 5.75 Å². The second-order valence-electron chi connectivity index (χ2n) is 10.5. The molecule has 0 amide bonds. The number of halogens is 3. The van der Waals surface area contributed by atoms with E-state index in [0.717, 1.165) is 80.9 Å². The number of fused-ring (bicyclic) bond motifs is 3. The number of nitrogens with zero attached hydrogens (tertiary/aromatic N) is 4. The summed E-state index contributed by atoms with van der Waals surface area (Å²) in [6.45, 7) is 1.41. The summed E-state index contributed by atoms with van der Waals surface area (Å²) in [4.78, 5) is 2.10. The van der Waals surface area contributed by atoms with E-state index in [1.165, 1.54) is 6.07 Å². The van der Waals surface area contributed by atoms with Gasteiger partial charge >= 0.3 is 0 Å². The Bertz CT molecular complexity index is 1700. The molecule has 0 aliphatic heterocycles. The zero-order valence-corrected chi connectivity index (χ0v) is 26.0. The Morgan fingerprint density at radius 2 is 2.00 bits per heavy atom. The first kappa shape index (κ1) is 28.3. The summed E-state index contributed by atoms with van der Waals surface area (Å²) in [5.41, 5.74) is 2.74. The van der Waals surface area contributed by atoms with Crippen molar-refractivity contribution in [3.05, 3.63) is 75.5 Å². The standard InChI is InChI=1S/C30H30BrClFN5O2S/c1-37(2)16-20-7-8-21(40-20)17-41-11-3-10-39-28-13-22-26(14-23(28)31)38(19-5-6-19)27-15-34-36-30(29(22)27)35-18-4-9-25(33)24(32)12-18/h4,7-9,12-15,19H,3,5-6,10-11,16-17H2,1-2H3,(H,35,36). The molecule has 1 aliphatic rings. The van der Waals surface area contributed by atoms with Gasteiger partial charge in [-0.3, -0.25) is 0 Å². The number of hydrogen-bond donors (Lipinski definition) is 1. The summed E-state index contributed by atoms with van der Waals surface area (Å²) in [5.74, 6) is 4.71. The summed E-state index contributed by atoms with van der Waals surface area (Å²) in [6, 6.07) is 13.3. The third-order valence-corrected chi connectivity index (χ3v) is 8.86. The molecule has 41 heavy (non-hydrogen) atoms. The van der Waals surface area contributed by atoms with Crippen LogP contribution >= 0.6 is 39.3 Å². The van der Waals surface area contributed by atoms with E-state index in [1.807, 2.05) is 38.1 Å². The molecule has 2 aromatic carbocycles. The number of furan rings is 1. The molecule has 214 valence electrons. The molecule has 0 atom stereocenters. The van der Waals surface area contributed by atoms with Crippen molar-refractivity contribution in [2.45, 2.75) is 37.6 Å². The fourth-order valence-electron chi connectivity index (χ4n) is 4.94. The molecule has 3 aromatic heterocycles. The number of thioether (sulfide) groups is 1. The van der Waals surface area contributed by atoms with E-state index in [4.69, 9.17) is 20.8 Å². The lowest BCUT2D eigenvalue weighted by atomic mass is 10.2. The van der Waals surface area contributed by atoms with Gasteiger partial charge in [-0.2, -0.15) is 16.9 Å². The van der Waals surface area contributed by atoms with Crippen LogP contribution in [0.1, 0.15) is 36.8 Å². The average molecular weight is 659 g/mol. The number of aromatic nitrogens is 3. The molecule has 0 unspecified atom stereocenters. The lowest BCUT2D eigenvalue weighted by Crippen LogP contribution is -2.09. The van der Waals surface area contributed by atoms with Crippen LogP contribution in [0.4, 0.5) is 15.9 Å². The van der Waals surface area contributed by atoms with Gasteiger partial charge in [0, 0.05) is 17.1 Å². The second-order valence-corrected chi connectivity index (χ2v) is 12.8. The molecule has 0 bridgehead atoms. The Hall–Kier alpha value is -2.79. The summed E-state index contributed by atoms with van der Waals surface area (Å²) in [7, 11) is 4.07. The van der Waals surface area contributed by atoms with Crippen molar-refractivity contribution in [2.24, 2.45) is 0 Å². The maximum absolute atomic E-state index is 13.8. The van der Waals surface area contributed by atoms with Crippen LogP contribution < -0.4 is 10.1 Å². The van der Waals surface area contributed by atoms with E-state index in [9.17, 15) is 4.39 Å². The molecule has 3 heterocycles. The fraction of sp³-hybridized carbons (Fsp3) is 0.333. The first-order valence-corrected chi connectivity index (χ1v) is 15.8. The van der Waals surface area contributed by atoms with E-state index in [0.29, 0.717) is 24.2 Å². The largest absolute Gasteiger partial charge is 0.492 e. The zero-order valence-electron chi connectivity index (χ0n) is 22.8. The van der Waals surface area contributed by atoms with Crippen LogP contribution in [-0.2, 0) is 12.3 Å². The molecular weight excluding hydrogens is 629 g/mol. The van der Waals surface area contributed by atoms with E-state index in [-0.39, 0.29) is 5.02 Å². The van der Waals surface area contributed by atoms with Gasteiger partial charge in [-0.15, -0.1) is 5.10 Å². The summed E-state index contributed by atoms with van der Waals surface area (Å²) in [5, 5.41) is 14.0. The van der Waals surface area contributed by atoms with Gasteiger partial charge in [-0.25, -0.2) is 4.39 Å². The van der Waals surface area contributed by atoms with Crippen molar-refractivity contribution >= 4 is 72.6 Å². The lowest BCUT2D eigenvalue weighted by molar-refractivity contribution is 0.317. The van der Waals surface area contributed by atoms with Crippen LogP contribution in [-0.4, -0.2) is 46.1 Å². The number of benzene rings is 2. The Balaban J connectivity index is 1.18. The van der Waals surface area contributed by atoms with Gasteiger partial charge in [0.05, 0.1) is 51.0 Å². The molecule has 5 aromatic rings. The molecule has 11 heteroatoms. The van der Waals surface area contributed by atoms with Crippen molar-refractivity contribution in [2.75, 3.05) is 31.8 Å². The van der Waals surface area contributed by atoms with Gasteiger partial charge < -0.3 is 23.9 Å². The predicted molar refractivity (Wildman–Crippen MR) is 168 cm³/mol. The Kier molecular flexibility index (Phi) is 8.44. The van der Waals surface area contributed by atoms with Crippen LogP contribution in [0.25, 0.3) is 21.8 Å². The molecule has 1 N–H and O–H groups in total. The van der Waals surface area contributed by atoms with Gasteiger partial charge in [-0.1, -0.05) is 11.6 Å². The molecule has 0 radical (unpaired) electrons. The Morgan fingerprint density at radius 1 is 1.17 bits per heavy atom. The smallest absolute Gasteiger partial charge is 0.163 e. The van der Waals surface area contributed by atoms with E-state index in [1.54, 1.807) is 12.1 Å². The molecule has 0 saturated heterocycles. The maximum atomic E-state index is 13.8. The van der Waals surface area contributed by atoms with Crippen molar-refractivity contribution < 1.29 is 13.5 Å². The monoisotopic (exact) mass is 657 g/mol. The number of hydrogen-bond acceptors (Lipinski definition) is 7. The number of ether oxygens (including phenoxy) is 1. The van der Waals surface area contributed by atoms with Crippen molar-refractivity contribution in [1.82, 2.24) is 19.7 Å². The van der Waals surface area contributed by atoms with Crippen LogP contribution in [0.3, 0.4) is 0 Å². The molecule has 6 rings (SSSR count). The molecule has 0 spiro atoms. The number of rotatable bonds is 12. The minimum atomic E-state index is -0.466. The van der Waals surface area contributed by atoms with Gasteiger partial charge in [0.1, 0.15) is 23.1 Å². The van der Waals surface area contributed by atoms with Gasteiger partial charge in [0.2, 0.25) is 0 Å². The zero-order chi connectivity index (χ0) is 28.5. The fourth-order valence-corrected chi connectivity index (χ4v) is 6.39. The van der Waals surface area contributed by atoms with E-state index < -0.39 is 5.82 Å². The molecule has 1 aliphatic carbocycles. The highest BCUT2D eigenvalue weighted by molar-refractivity contribution is 9.10. The quantitative estimate of drug-likeness (QED) is 0.135. The molecular formula is C30H30BrClFN5O2S. The Labute approximate surface area is 255 Å². The predicted octanol–water partition coefficient (Wildman–Crippen LogP) is 8.57. The lowest BCUT2D eigenvalue weighted by Gasteiger charge is -2.10. The molecule has 1 fully saturated rings. The second kappa shape index (κ2) is 12.2. The maximum Gasteiger partial charge on any atom is 0.163 e. The topological polar surface area (TPSA) is 68.3 Å². The van der Waals surface area contributed by atoms with Crippen molar-refractivity contribution in [1.29, 1.82) is 0 Å². The third-order valence-electron chi connectivity index (χ3n) is 6.89. The van der Waals surface area contributed by atoms with Crippen LogP contribution in [0.2, 0.25) is 5.02 Å². The number of anilines is 2. The average Bonchev–Trinajstić information content (AvgIpc) is 3.59. The van der Waals surface area contributed by atoms with Gasteiger partial charge in [0.15, 0.2) is 5.82 Å². The summed E-state index contributed by atoms with van der Waals surface area (Å²) < 4.78 is 29.2. The minimum Gasteiger partial charge on any atom is -0.492 e. The first-order chi connectivity index (χ1) is 19.9. The summed E-state index contributed by atoms with van der Waals surface area (Å²) in [6.07, 6.45) is 4.97. The van der Waals surface area contributed by atoms with Gasteiger partial charge in [0.25, 0.3) is 0 Å². The highest BCUT2D eigenvalue weighted by Crippen LogP contribution is 2.46. The third kappa shape index (κ3) is 6.35. The highest BCUT2D eigenvalue weighted by Gasteiger charge is 2.29. The molecule has 1 saturated carbocycles. The first-order valence-electron chi connectivity index (χ1n) is 13.5. The van der Waals surface area contributed by atoms with Crippen LogP contribution in [0, 0.1) is 5.82 Å². The van der Waals surface area contributed by atoms with Crippen LogP contribution in [0.15, 0.2) is 57.6 Å². The van der Waals surface area contributed by atoms with Crippen molar-refractivity contribution in [3.8, 4) is 5.75 Å². The normalized spacial score (nSPS) is 13.5. The Morgan fingerprint density at radius 3 is 2.78 bits per heavy atom. The van der Waals surface area contributed by atoms with Crippen molar-refractivity contribution in [3.63, 3.8) is 0 Å². The molecule has 7 nitrogen and oxygen atoms in total. The SMILES string of the molecule is CN(C)Cc1ccc(CSCCCOc2cc3c4c(Nc5ccc(F)c(Cl)c5)nncc4n(C4CC4)c3cc2Br)o1. The summed E-state index contributed by atoms with van der Waals surface area (Å²) >= 11 is 11.6. The van der Waals surface area contributed by atoms with Gasteiger partial charge in [-0.05, 0) is 97.5 Å². The highest BCUT2D eigenvalue weighted by atomic mass is 79.9. The van der Waals surface area contributed by atoms with E-state index in [2.05, 4.69) is 59.1 Å².